The van der Waals surface area contributed by atoms with E-state index in [4.69, 9.17) is 4.74 Å². The number of amides is 1. The van der Waals surface area contributed by atoms with Gasteiger partial charge in [0.1, 0.15) is 6.10 Å². The lowest BCUT2D eigenvalue weighted by Crippen LogP contribution is -2.48. The van der Waals surface area contributed by atoms with Gasteiger partial charge in [-0.25, -0.2) is 26.0 Å². The first-order valence-corrected chi connectivity index (χ1v) is 13.4. The van der Waals surface area contributed by atoms with Crippen molar-refractivity contribution in [2.45, 2.75) is 66.8 Å². The van der Waals surface area contributed by atoms with E-state index in [9.17, 15) is 21.6 Å². The molecular formula is C23H30FNO6S2. The van der Waals surface area contributed by atoms with Gasteiger partial charge in [0.15, 0.2) is 0 Å². The molecule has 0 saturated carbocycles. The van der Waals surface area contributed by atoms with Crippen molar-refractivity contribution in [3.05, 3.63) is 60.7 Å². The summed E-state index contributed by atoms with van der Waals surface area (Å²) < 4.78 is 72.0. The largest absolute Gasteiger partial charge is 0.446 e. The summed E-state index contributed by atoms with van der Waals surface area (Å²) in [7, 11) is -10.1. The van der Waals surface area contributed by atoms with Crippen LogP contribution in [0.1, 0.15) is 41.0 Å². The first-order valence-electron chi connectivity index (χ1n) is 10.4. The van der Waals surface area contributed by atoms with Gasteiger partial charge >= 0.3 is 10.4 Å². The van der Waals surface area contributed by atoms with Crippen LogP contribution >= 0.6 is 0 Å². The third-order valence-corrected chi connectivity index (χ3v) is 9.87. The van der Waals surface area contributed by atoms with Gasteiger partial charge in [0.05, 0.1) is 9.79 Å². The Hall–Kier alpha value is -2.46. The Kier molecular flexibility index (Phi) is 7.96. The van der Waals surface area contributed by atoms with Crippen LogP contribution in [-0.4, -0.2) is 38.9 Å². The summed E-state index contributed by atoms with van der Waals surface area (Å²) in [4.78, 5) is 11.4. The van der Waals surface area contributed by atoms with Gasteiger partial charge in [-0.1, -0.05) is 50.2 Å². The van der Waals surface area contributed by atoms with Crippen molar-refractivity contribution in [3.8, 4) is 0 Å². The first-order chi connectivity index (χ1) is 15.1. The molecule has 0 bridgehead atoms. The molecule has 0 heterocycles. The molecule has 0 saturated heterocycles. The fraction of sp³-hybridized carbons (Fsp3) is 0.435. The van der Waals surface area contributed by atoms with E-state index in [0.29, 0.717) is 0 Å². The second kappa shape index (κ2) is 9.80. The molecule has 2 rings (SSSR count). The predicted octanol–water partition coefficient (Wildman–Crippen LogP) is 4.50. The molecule has 0 radical (unpaired) electrons. The molecule has 0 aliphatic rings. The molecule has 10 heteroatoms. The normalized spacial score (nSPS) is 14.0. The number of halogens is 1. The average Bonchev–Trinajstić information content (AvgIpc) is 2.72. The predicted molar refractivity (Wildman–Crippen MR) is 124 cm³/mol. The SMILES string of the molecule is CC(C)[C@@H](CC(F)(S(=O)(=O)c1ccccc1)S(=O)(=O)c1ccccc1)OC(=O)NC(C)(C)C. The Bertz CT molecular complexity index is 1090. The molecule has 0 aliphatic carbocycles. The molecule has 0 spiro atoms. The number of carbonyl (C=O) groups excluding carboxylic acids is 1. The minimum absolute atomic E-state index is 0.492. The molecule has 1 atom stereocenters. The van der Waals surface area contributed by atoms with Gasteiger partial charge < -0.3 is 10.1 Å². The number of nitrogens with one attached hydrogen (secondary N) is 1. The smallest absolute Gasteiger partial charge is 0.407 e. The maximum atomic E-state index is 16.7. The quantitative estimate of drug-likeness (QED) is 0.573. The van der Waals surface area contributed by atoms with Crippen LogP contribution < -0.4 is 5.32 Å². The molecule has 33 heavy (non-hydrogen) atoms. The molecule has 0 aromatic heterocycles. The van der Waals surface area contributed by atoms with Gasteiger partial charge in [-0.15, -0.1) is 0 Å². The maximum absolute atomic E-state index is 16.7. The molecule has 2 aromatic rings. The van der Waals surface area contributed by atoms with E-state index in [1.807, 2.05) is 0 Å². The highest BCUT2D eigenvalue weighted by atomic mass is 32.3. The van der Waals surface area contributed by atoms with Crippen LogP contribution in [0.15, 0.2) is 70.5 Å². The van der Waals surface area contributed by atoms with Crippen LogP contribution in [-0.2, 0) is 24.4 Å². The first kappa shape index (κ1) is 26.8. The topological polar surface area (TPSA) is 107 Å². The summed E-state index contributed by atoms with van der Waals surface area (Å²) in [5.41, 5.74) is -0.669. The van der Waals surface area contributed by atoms with E-state index in [-0.39, 0.29) is 0 Å². The molecule has 0 fully saturated rings. The number of sulfone groups is 2. The van der Waals surface area contributed by atoms with Crippen LogP contribution in [0.3, 0.4) is 0 Å². The summed E-state index contributed by atoms with van der Waals surface area (Å²) in [5, 5.41) is 2.55. The van der Waals surface area contributed by atoms with Gasteiger partial charge in [-0.2, -0.15) is 0 Å². The van der Waals surface area contributed by atoms with Crippen molar-refractivity contribution < 1.29 is 30.8 Å². The number of ether oxygens (including phenoxy) is 1. The minimum Gasteiger partial charge on any atom is -0.446 e. The standard InChI is InChI=1S/C23H30FNO6S2/c1-17(2)20(31-21(26)25-22(3,4)5)16-23(24,32(27,28)18-12-8-6-9-13-18)33(29,30)19-14-10-7-11-15-19/h6-15,17,20H,16H2,1-5H3,(H,25,26)/t20-/m1/s1. The van der Waals surface area contributed by atoms with Gasteiger partial charge in [0.25, 0.3) is 0 Å². The van der Waals surface area contributed by atoms with E-state index in [0.717, 1.165) is 24.3 Å². The van der Waals surface area contributed by atoms with Crippen molar-refractivity contribution in [2.75, 3.05) is 0 Å². The third kappa shape index (κ3) is 5.92. The number of hydrogen-bond acceptors (Lipinski definition) is 6. The Morgan fingerprint density at radius 2 is 1.27 bits per heavy atom. The van der Waals surface area contributed by atoms with E-state index < -0.39 is 63.9 Å². The van der Waals surface area contributed by atoms with Crippen molar-refractivity contribution in [1.29, 1.82) is 0 Å². The second-order valence-electron chi connectivity index (χ2n) is 9.06. The fourth-order valence-electron chi connectivity index (χ4n) is 3.04. The van der Waals surface area contributed by atoms with E-state index in [1.54, 1.807) is 34.6 Å². The van der Waals surface area contributed by atoms with E-state index in [2.05, 4.69) is 5.32 Å². The summed E-state index contributed by atoms with van der Waals surface area (Å²) in [6.45, 7) is 8.28. The molecule has 0 aliphatic heterocycles. The molecule has 2 aromatic carbocycles. The van der Waals surface area contributed by atoms with E-state index >= 15 is 4.39 Å². The third-order valence-electron chi connectivity index (χ3n) is 4.83. The van der Waals surface area contributed by atoms with Crippen LogP contribution in [0, 0.1) is 5.92 Å². The van der Waals surface area contributed by atoms with Crippen LogP contribution in [0.2, 0.25) is 0 Å². The Balaban J connectivity index is 2.63. The number of alkyl carbamates (subject to hydrolysis) is 1. The highest BCUT2D eigenvalue weighted by Crippen LogP contribution is 2.42. The zero-order valence-electron chi connectivity index (χ0n) is 19.3. The maximum Gasteiger partial charge on any atom is 0.407 e. The Labute approximate surface area is 195 Å². The Morgan fingerprint density at radius 1 is 0.879 bits per heavy atom. The number of benzene rings is 2. The number of carbonyl (C=O) groups is 1. The lowest BCUT2D eigenvalue weighted by atomic mass is 10.0. The fourth-order valence-corrected chi connectivity index (χ4v) is 7.28. The number of hydrogen-bond donors (Lipinski definition) is 1. The zero-order valence-corrected chi connectivity index (χ0v) is 20.9. The molecular weight excluding hydrogens is 469 g/mol. The molecule has 1 amide bonds. The summed E-state index contributed by atoms with van der Waals surface area (Å²) in [5.74, 6) is -0.581. The minimum atomic E-state index is -5.07. The molecule has 0 unspecified atom stereocenters. The van der Waals surface area contributed by atoms with Gasteiger partial charge in [0, 0.05) is 12.0 Å². The van der Waals surface area contributed by atoms with Crippen molar-refractivity contribution in [1.82, 2.24) is 5.32 Å². The van der Waals surface area contributed by atoms with Crippen LogP contribution in [0.25, 0.3) is 0 Å². The average molecular weight is 500 g/mol. The highest BCUT2D eigenvalue weighted by Gasteiger charge is 2.59. The summed E-state index contributed by atoms with van der Waals surface area (Å²) in [6, 6.07) is 13.0. The summed E-state index contributed by atoms with van der Waals surface area (Å²) in [6.07, 6.45) is -3.36. The van der Waals surface area contributed by atoms with Crippen molar-refractivity contribution in [2.24, 2.45) is 5.92 Å². The van der Waals surface area contributed by atoms with Crippen LogP contribution in [0.5, 0.6) is 0 Å². The molecule has 1 N–H and O–H groups in total. The van der Waals surface area contributed by atoms with Crippen LogP contribution in [0.4, 0.5) is 9.18 Å². The lowest BCUT2D eigenvalue weighted by Gasteiger charge is -2.31. The Morgan fingerprint density at radius 3 is 1.61 bits per heavy atom. The highest BCUT2D eigenvalue weighted by molar-refractivity contribution is 8.10. The van der Waals surface area contributed by atoms with Gasteiger partial charge in [0.2, 0.25) is 19.7 Å². The lowest BCUT2D eigenvalue weighted by molar-refractivity contribution is 0.0487. The van der Waals surface area contributed by atoms with Crippen molar-refractivity contribution in [3.63, 3.8) is 0 Å². The zero-order chi connectivity index (χ0) is 25.1. The van der Waals surface area contributed by atoms with Gasteiger partial charge in [-0.3, -0.25) is 0 Å². The molecule has 182 valence electrons. The van der Waals surface area contributed by atoms with Gasteiger partial charge in [-0.05, 0) is 51.0 Å². The van der Waals surface area contributed by atoms with Crippen molar-refractivity contribution >= 4 is 25.8 Å². The number of alkyl halides is 1. The molecule has 7 nitrogen and oxygen atoms in total. The summed E-state index contributed by atoms with van der Waals surface area (Å²) >= 11 is 0. The monoisotopic (exact) mass is 499 g/mol. The van der Waals surface area contributed by atoms with E-state index in [1.165, 1.54) is 36.4 Å². The second-order valence-corrected chi connectivity index (χ2v) is 13.6. The number of rotatable bonds is 8.